The molecule has 8 nitrogen and oxygen atoms in total. The van der Waals surface area contributed by atoms with Crippen LogP contribution in [0.2, 0.25) is 0 Å². The van der Waals surface area contributed by atoms with Crippen molar-refractivity contribution in [3.8, 4) is 0 Å². The van der Waals surface area contributed by atoms with Crippen LogP contribution in [0.15, 0.2) is 30.3 Å². The maximum atomic E-state index is 13.2. The van der Waals surface area contributed by atoms with Crippen LogP contribution in [-0.4, -0.2) is 67.2 Å². The minimum Gasteiger partial charge on any atom is -0.340 e. The normalized spacial score (nSPS) is 26.4. The van der Waals surface area contributed by atoms with E-state index in [1.54, 1.807) is 24.3 Å². The minimum atomic E-state index is -3.14. The van der Waals surface area contributed by atoms with Gasteiger partial charge in [0.1, 0.15) is 12.1 Å². The Morgan fingerprint density at radius 1 is 1.29 bits per heavy atom. The third kappa shape index (κ3) is 3.63. The first kappa shape index (κ1) is 20.3. The molecule has 2 fully saturated rings. The number of hydrogen-bond acceptors (Lipinski definition) is 5. The summed E-state index contributed by atoms with van der Waals surface area (Å²) < 4.78 is 23.3. The molecular formula is C19H25N3O5S. The quantitative estimate of drug-likeness (QED) is 0.705. The molecule has 1 aromatic rings. The lowest BCUT2D eigenvalue weighted by Crippen LogP contribution is -2.47. The van der Waals surface area contributed by atoms with Crippen LogP contribution < -0.4 is 5.32 Å². The fraction of sp³-hybridized carbons (Fsp3) is 0.526. The van der Waals surface area contributed by atoms with E-state index in [9.17, 15) is 22.8 Å². The molecule has 2 atom stereocenters. The Morgan fingerprint density at radius 3 is 2.54 bits per heavy atom. The number of urea groups is 1. The summed E-state index contributed by atoms with van der Waals surface area (Å²) >= 11 is 0. The van der Waals surface area contributed by atoms with Crippen LogP contribution in [0.5, 0.6) is 0 Å². The lowest BCUT2D eigenvalue weighted by Gasteiger charge is -2.28. The average Bonchev–Trinajstić information content (AvgIpc) is 3.14. The summed E-state index contributed by atoms with van der Waals surface area (Å²) in [5.41, 5.74) is -0.497. The molecule has 2 saturated heterocycles. The van der Waals surface area contributed by atoms with Crippen molar-refractivity contribution in [2.45, 2.75) is 37.8 Å². The summed E-state index contributed by atoms with van der Waals surface area (Å²) in [5, 5.41) is 2.78. The van der Waals surface area contributed by atoms with Crippen LogP contribution in [0.3, 0.4) is 0 Å². The molecule has 0 bridgehead atoms. The Hall–Kier alpha value is -2.42. The Balaban J connectivity index is 1.78. The number of sulfone groups is 1. The van der Waals surface area contributed by atoms with Crippen LogP contribution in [0.4, 0.5) is 4.79 Å². The van der Waals surface area contributed by atoms with E-state index in [2.05, 4.69) is 5.32 Å². The van der Waals surface area contributed by atoms with E-state index >= 15 is 0 Å². The SMILES string of the molecule is CCC[C@@]1(c2ccccc2)NC(=O)N(CC(=O)N(C)[C@@H]2CCS(=O)(=O)C2)C1=O. The maximum Gasteiger partial charge on any atom is 0.325 e. The molecule has 2 aliphatic heterocycles. The van der Waals surface area contributed by atoms with Gasteiger partial charge in [0.05, 0.1) is 11.5 Å². The van der Waals surface area contributed by atoms with Crippen LogP contribution >= 0.6 is 0 Å². The summed E-state index contributed by atoms with van der Waals surface area (Å²) in [5.74, 6) is -0.942. The van der Waals surface area contributed by atoms with Crippen molar-refractivity contribution >= 4 is 27.7 Å². The fourth-order valence-electron chi connectivity index (χ4n) is 3.91. The first-order valence-corrected chi connectivity index (χ1v) is 11.2. The minimum absolute atomic E-state index is 0.0477. The zero-order valence-corrected chi connectivity index (χ0v) is 16.9. The summed E-state index contributed by atoms with van der Waals surface area (Å²) in [7, 11) is -1.62. The fourth-order valence-corrected chi connectivity index (χ4v) is 5.68. The molecule has 0 unspecified atom stereocenters. The number of benzene rings is 1. The molecule has 0 aliphatic carbocycles. The number of hydrogen-bond donors (Lipinski definition) is 1. The number of nitrogens with one attached hydrogen (secondary N) is 1. The highest BCUT2D eigenvalue weighted by Crippen LogP contribution is 2.33. The van der Waals surface area contributed by atoms with E-state index in [1.165, 1.54) is 11.9 Å². The number of amides is 4. The molecule has 4 amide bonds. The Bertz CT molecular complexity index is 886. The maximum absolute atomic E-state index is 13.2. The highest BCUT2D eigenvalue weighted by Gasteiger charge is 2.52. The van der Waals surface area contributed by atoms with Gasteiger partial charge >= 0.3 is 6.03 Å². The molecule has 3 rings (SSSR count). The number of carbonyl (C=O) groups is 3. The Kier molecular flexibility index (Phi) is 5.47. The van der Waals surface area contributed by atoms with Gasteiger partial charge < -0.3 is 10.2 Å². The molecule has 0 spiro atoms. The van der Waals surface area contributed by atoms with E-state index in [0.717, 1.165) is 4.90 Å². The largest absolute Gasteiger partial charge is 0.340 e. The predicted molar refractivity (Wildman–Crippen MR) is 103 cm³/mol. The third-order valence-corrected chi connectivity index (χ3v) is 7.26. The van der Waals surface area contributed by atoms with Crippen molar-refractivity contribution in [3.05, 3.63) is 35.9 Å². The second-order valence-corrected chi connectivity index (χ2v) is 9.63. The van der Waals surface area contributed by atoms with Gasteiger partial charge in [0.15, 0.2) is 9.84 Å². The van der Waals surface area contributed by atoms with Crippen LogP contribution in [0.25, 0.3) is 0 Å². The summed E-state index contributed by atoms with van der Waals surface area (Å²) in [6.45, 7) is 1.52. The number of imide groups is 1. The van der Waals surface area contributed by atoms with Crippen LogP contribution in [0, 0.1) is 0 Å². The molecule has 0 aromatic heterocycles. The number of carbonyl (C=O) groups excluding carboxylic acids is 3. The molecule has 1 N–H and O–H groups in total. The average molecular weight is 407 g/mol. The Labute approximate surface area is 164 Å². The second-order valence-electron chi connectivity index (χ2n) is 7.40. The van der Waals surface area contributed by atoms with Gasteiger partial charge in [-0.25, -0.2) is 13.2 Å². The van der Waals surface area contributed by atoms with Crippen LogP contribution in [-0.2, 0) is 25.0 Å². The molecule has 1 aromatic carbocycles. The molecule has 0 radical (unpaired) electrons. The first-order valence-electron chi connectivity index (χ1n) is 9.36. The lowest BCUT2D eigenvalue weighted by molar-refractivity contribution is -0.139. The topological polar surface area (TPSA) is 104 Å². The summed E-state index contributed by atoms with van der Waals surface area (Å²) in [6, 6.07) is 7.97. The van der Waals surface area contributed by atoms with Gasteiger partial charge in [0, 0.05) is 13.1 Å². The molecular weight excluding hydrogens is 382 g/mol. The van der Waals surface area contributed by atoms with Crippen molar-refractivity contribution < 1.29 is 22.8 Å². The van der Waals surface area contributed by atoms with Gasteiger partial charge in [0.2, 0.25) is 5.91 Å². The molecule has 9 heteroatoms. The monoisotopic (exact) mass is 407 g/mol. The van der Waals surface area contributed by atoms with Gasteiger partial charge in [-0.1, -0.05) is 43.7 Å². The van der Waals surface area contributed by atoms with Crippen molar-refractivity contribution in [3.63, 3.8) is 0 Å². The molecule has 28 heavy (non-hydrogen) atoms. The van der Waals surface area contributed by atoms with E-state index < -0.39 is 45.8 Å². The standard InChI is InChI=1S/C19H25N3O5S/c1-3-10-19(14-7-5-4-6-8-14)17(24)22(18(25)20-19)12-16(23)21(2)15-9-11-28(26,27)13-15/h4-8,15H,3,9-13H2,1-2H3,(H,20,25)/t15-,19+/m1/s1. The number of nitrogens with zero attached hydrogens (tertiary/aromatic N) is 2. The van der Waals surface area contributed by atoms with Crippen molar-refractivity contribution in [2.75, 3.05) is 25.1 Å². The lowest BCUT2D eigenvalue weighted by atomic mass is 9.85. The van der Waals surface area contributed by atoms with E-state index in [1.807, 2.05) is 13.0 Å². The van der Waals surface area contributed by atoms with E-state index in [-0.39, 0.29) is 11.5 Å². The van der Waals surface area contributed by atoms with Gasteiger partial charge in [-0.2, -0.15) is 0 Å². The van der Waals surface area contributed by atoms with Crippen molar-refractivity contribution in [2.24, 2.45) is 0 Å². The summed E-state index contributed by atoms with van der Waals surface area (Å²) in [4.78, 5) is 40.7. The molecule has 2 heterocycles. The zero-order valence-electron chi connectivity index (χ0n) is 16.1. The smallest absolute Gasteiger partial charge is 0.325 e. The number of likely N-dealkylation sites (N-methyl/N-ethyl adjacent to an activating group) is 1. The van der Waals surface area contributed by atoms with Gasteiger partial charge in [-0.15, -0.1) is 0 Å². The van der Waals surface area contributed by atoms with Gasteiger partial charge in [-0.3, -0.25) is 14.5 Å². The highest BCUT2D eigenvalue weighted by molar-refractivity contribution is 7.91. The molecule has 0 saturated carbocycles. The number of rotatable bonds is 6. The highest BCUT2D eigenvalue weighted by atomic mass is 32.2. The predicted octanol–water partition coefficient (Wildman–Crippen LogP) is 0.879. The van der Waals surface area contributed by atoms with Crippen LogP contribution in [0.1, 0.15) is 31.7 Å². The van der Waals surface area contributed by atoms with Gasteiger partial charge in [0.25, 0.3) is 5.91 Å². The van der Waals surface area contributed by atoms with Crippen molar-refractivity contribution in [1.29, 1.82) is 0 Å². The second kappa shape index (κ2) is 7.54. The Morgan fingerprint density at radius 2 is 1.96 bits per heavy atom. The zero-order chi connectivity index (χ0) is 20.5. The summed E-state index contributed by atoms with van der Waals surface area (Å²) in [6.07, 6.45) is 1.46. The third-order valence-electron chi connectivity index (χ3n) is 5.51. The first-order chi connectivity index (χ1) is 13.2. The van der Waals surface area contributed by atoms with E-state index in [0.29, 0.717) is 24.8 Å². The molecule has 152 valence electrons. The van der Waals surface area contributed by atoms with E-state index in [4.69, 9.17) is 0 Å². The van der Waals surface area contributed by atoms with Crippen molar-refractivity contribution in [1.82, 2.24) is 15.1 Å². The van der Waals surface area contributed by atoms with Gasteiger partial charge in [-0.05, 0) is 18.4 Å². The molecule has 2 aliphatic rings.